The second-order valence-electron chi connectivity index (χ2n) is 3.05. The minimum absolute atomic E-state index is 0.103. The lowest BCUT2D eigenvalue weighted by Crippen LogP contribution is -2.01. The molecule has 2 N–H and O–H groups in total. The van der Waals surface area contributed by atoms with Crippen LogP contribution in [0.4, 0.5) is 10.2 Å². The van der Waals surface area contributed by atoms with Crippen LogP contribution in [0.15, 0.2) is 24.4 Å². The fourth-order valence-electron chi connectivity index (χ4n) is 1.24. The summed E-state index contributed by atoms with van der Waals surface area (Å²) in [5.41, 5.74) is 6.04. The van der Waals surface area contributed by atoms with E-state index in [0.717, 1.165) is 0 Å². The van der Waals surface area contributed by atoms with Crippen LogP contribution in [0.1, 0.15) is 5.56 Å². The summed E-state index contributed by atoms with van der Waals surface area (Å²) >= 11 is 5.78. The van der Waals surface area contributed by atoms with Crippen molar-refractivity contribution in [2.24, 2.45) is 0 Å². The molecule has 2 aromatic rings. The van der Waals surface area contributed by atoms with Crippen LogP contribution in [0.2, 0.25) is 5.02 Å². The molecule has 0 aliphatic heterocycles. The largest absolute Gasteiger partial charge is 0.381 e. The normalized spacial score (nSPS) is 10.5. The Morgan fingerprint density at radius 2 is 2.27 bits per heavy atom. The van der Waals surface area contributed by atoms with E-state index < -0.39 is 5.82 Å². The van der Waals surface area contributed by atoms with Crippen molar-refractivity contribution in [2.45, 2.75) is 6.54 Å². The van der Waals surface area contributed by atoms with Crippen molar-refractivity contribution < 1.29 is 4.39 Å². The molecule has 0 radical (unpaired) electrons. The van der Waals surface area contributed by atoms with Gasteiger partial charge in [0.25, 0.3) is 0 Å². The summed E-state index contributed by atoms with van der Waals surface area (Å²) in [6.45, 7) is 0.348. The zero-order chi connectivity index (χ0) is 10.8. The topological polar surface area (TPSA) is 56.7 Å². The fourth-order valence-corrected chi connectivity index (χ4v) is 1.42. The smallest absolute Gasteiger partial charge is 0.165 e. The summed E-state index contributed by atoms with van der Waals surface area (Å²) in [4.78, 5) is 0. The first-order chi connectivity index (χ1) is 7.16. The molecule has 2 rings (SSSR count). The molecular weight excluding hydrogens is 219 g/mol. The monoisotopic (exact) mass is 226 g/mol. The molecular formula is C9H8ClFN4. The molecule has 1 aromatic heterocycles. The molecule has 6 heteroatoms. The number of nitrogens with zero attached hydrogens (tertiary/aromatic N) is 3. The highest BCUT2D eigenvalue weighted by atomic mass is 35.5. The molecule has 0 unspecified atom stereocenters. The van der Waals surface area contributed by atoms with E-state index in [4.69, 9.17) is 17.3 Å². The van der Waals surface area contributed by atoms with Gasteiger partial charge in [-0.05, 0) is 11.6 Å². The third-order valence-electron chi connectivity index (χ3n) is 1.92. The number of anilines is 1. The average molecular weight is 227 g/mol. The molecule has 0 fully saturated rings. The van der Waals surface area contributed by atoms with Crippen LogP contribution in [0.3, 0.4) is 0 Å². The molecule has 1 aromatic carbocycles. The van der Waals surface area contributed by atoms with Crippen LogP contribution in [-0.4, -0.2) is 15.0 Å². The Hall–Kier alpha value is -1.62. The van der Waals surface area contributed by atoms with Crippen LogP contribution in [-0.2, 0) is 6.54 Å². The number of nitrogens with two attached hydrogens (primary N) is 1. The van der Waals surface area contributed by atoms with Gasteiger partial charge in [0.1, 0.15) is 5.82 Å². The van der Waals surface area contributed by atoms with Gasteiger partial charge < -0.3 is 5.73 Å². The van der Waals surface area contributed by atoms with Crippen molar-refractivity contribution in [3.8, 4) is 0 Å². The van der Waals surface area contributed by atoms with Gasteiger partial charge in [-0.2, -0.15) is 0 Å². The third kappa shape index (κ3) is 2.07. The maximum Gasteiger partial charge on any atom is 0.165 e. The fraction of sp³-hybridized carbons (Fsp3) is 0.111. The van der Waals surface area contributed by atoms with Crippen molar-refractivity contribution in [2.75, 3.05) is 5.73 Å². The standard InChI is InChI=1S/C9H8ClFN4/c10-9-6(2-1-3-7(9)11)4-15-5-8(12)13-14-15/h1-3,5H,4,12H2. The number of rotatable bonds is 2. The maximum absolute atomic E-state index is 13.1. The van der Waals surface area contributed by atoms with Gasteiger partial charge in [0.05, 0.1) is 17.8 Å². The number of nitrogen functional groups attached to an aromatic ring is 1. The molecule has 1 heterocycles. The zero-order valence-electron chi connectivity index (χ0n) is 7.69. The van der Waals surface area contributed by atoms with Crippen molar-refractivity contribution in [1.29, 1.82) is 0 Å². The average Bonchev–Trinajstić information content (AvgIpc) is 2.59. The van der Waals surface area contributed by atoms with E-state index in [1.165, 1.54) is 10.7 Å². The Labute approximate surface area is 90.5 Å². The predicted octanol–water partition coefficient (Wildman–Crippen LogP) is 1.70. The predicted molar refractivity (Wildman–Crippen MR) is 54.9 cm³/mol. The minimum atomic E-state index is -0.442. The van der Waals surface area contributed by atoms with Crippen molar-refractivity contribution >= 4 is 17.4 Å². The quantitative estimate of drug-likeness (QED) is 0.848. The van der Waals surface area contributed by atoms with Gasteiger partial charge in [-0.3, -0.25) is 0 Å². The zero-order valence-corrected chi connectivity index (χ0v) is 8.45. The van der Waals surface area contributed by atoms with E-state index in [1.54, 1.807) is 18.3 Å². The molecule has 0 saturated carbocycles. The van der Waals surface area contributed by atoms with Crippen molar-refractivity contribution in [3.05, 3.63) is 40.8 Å². The first-order valence-electron chi connectivity index (χ1n) is 4.25. The van der Waals surface area contributed by atoms with Gasteiger partial charge in [-0.15, -0.1) is 5.10 Å². The van der Waals surface area contributed by atoms with Crippen molar-refractivity contribution in [3.63, 3.8) is 0 Å². The number of benzene rings is 1. The molecule has 0 aliphatic carbocycles. The number of hydrogen-bond acceptors (Lipinski definition) is 3. The molecule has 0 aliphatic rings. The molecule has 0 amide bonds. The second kappa shape index (κ2) is 3.86. The minimum Gasteiger partial charge on any atom is -0.381 e. The Balaban J connectivity index is 2.28. The van der Waals surface area contributed by atoms with Crippen LogP contribution >= 0.6 is 11.6 Å². The first kappa shape index (κ1) is 9.92. The Morgan fingerprint density at radius 3 is 2.93 bits per heavy atom. The lowest BCUT2D eigenvalue weighted by molar-refractivity contribution is 0.614. The van der Waals surface area contributed by atoms with Crippen LogP contribution in [0.25, 0.3) is 0 Å². The highest BCUT2D eigenvalue weighted by molar-refractivity contribution is 6.31. The van der Waals surface area contributed by atoms with Gasteiger partial charge in [-0.25, -0.2) is 9.07 Å². The van der Waals surface area contributed by atoms with Crippen molar-refractivity contribution in [1.82, 2.24) is 15.0 Å². The van der Waals surface area contributed by atoms with E-state index in [-0.39, 0.29) is 5.02 Å². The summed E-state index contributed by atoms with van der Waals surface area (Å²) in [6, 6.07) is 4.63. The van der Waals surface area contributed by atoms with Crippen LogP contribution in [0.5, 0.6) is 0 Å². The van der Waals surface area contributed by atoms with Crippen LogP contribution in [0, 0.1) is 5.82 Å². The van der Waals surface area contributed by atoms with Gasteiger partial charge >= 0.3 is 0 Å². The lowest BCUT2D eigenvalue weighted by Gasteiger charge is -2.03. The molecule has 0 spiro atoms. The van der Waals surface area contributed by atoms with Gasteiger partial charge in [0, 0.05) is 0 Å². The summed E-state index contributed by atoms with van der Waals surface area (Å²) in [5, 5.41) is 7.46. The number of hydrogen-bond donors (Lipinski definition) is 1. The molecule has 4 nitrogen and oxygen atoms in total. The third-order valence-corrected chi connectivity index (χ3v) is 2.34. The summed E-state index contributed by atoms with van der Waals surface area (Å²) in [5.74, 6) is -0.121. The maximum atomic E-state index is 13.1. The summed E-state index contributed by atoms with van der Waals surface area (Å²) in [7, 11) is 0. The first-order valence-corrected chi connectivity index (χ1v) is 4.63. The molecule has 0 atom stereocenters. The Bertz CT molecular complexity index is 483. The second-order valence-corrected chi connectivity index (χ2v) is 3.43. The van der Waals surface area contributed by atoms with E-state index in [9.17, 15) is 4.39 Å². The number of halogens is 2. The van der Waals surface area contributed by atoms with E-state index in [1.807, 2.05) is 0 Å². The van der Waals surface area contributed by atoms with E-state index in [2.05, 4.69) is 10.3 Å². The Kier molecular flexibility index (Phi) is 2.55. The Morgan fingerprint density at radius 1 is 1.47 bits per heavy atom. The summed E-state index contributed by atoms with van der Waals surface area (Å²) in [6.07, 6.45) is 1.56. The SMILES string of the molecule is Nc1cn(Cc2cccc(F)c2Cl)nn1. The molecule has 0 saturated heterocycles. The van der Waals surface area contributed by atoms with E-state index in [0.29, 0.717) is 17.9 Å². The van der Waals surface area contributed by atoms with E-state index >= 15 is 0 Å². The number of aromatic nitrogens is 3. The highest BCUT2D eigenvalue weighted by Gasteiger charge is 2.06. The summed E-state index contributed by atoms with van der Waals surface area (Å²) < 4.78 is 14.6. The van der Waals surface area contributed by atoms with Gasteiger partial charge in [0.15, 0.2) is 5.82 Å². The molecule has 15 heavy (non-hydrogen) atoms. The molecule has 78 valence electrons. The van der Waals surface area contributed by atoms with Gasteiger partial charge in [0.2, 0.25) is 0 Å². The lowest BCUT2D eigenvalue weighted by atomic mass is 10.2. The van der Waals surface area contributed by atoms with Gasteiger partial charge in [-0.1, -0.05) is 28.9 Å². The van der Waals surface area contributed by atoms with Crippen LogP contribution < -0.4 is 5.73 Å². The molecule has 0 bridgehead atoms. The highest BCUT2D eigenvalue weighted by Crippen LogP contribution is 2.20.